The lowest BCUT2D eigenvalue weighted by atomic mass is 10.1. The molecule has 0 N–H and O–H groups in total. The molecule has 3 unspecified atom stereocenters. The Morgan fingerprint density at radius 2 is 1.55 bits per heavy atom. The minimum Gasteiger partial charge on any atom is -0.448 e. The van der Waals surface area contributed by atoms with Gasteiger partial charge in [0.2, 0.25) is 0 Å². The number of nitrogens with zero attached hydrogens (tertiary/aromatic N) is 1. The average Bonchev–Trinajstić information content (AvgIpc) is 3.77. The molecule has 0 bridgehead atoms. The van der Waals surface area contributed by atoms with Gasteiger partial charge in [-0.2, -0.15) is 0 Å². The molecular weight excluding hydrogens is 414 g/mol. The highest BCUT2D eigenvalue weighted by molar-refractivity contribution is 5.88. The minimum absolute atomic E-state index is 0.330. The zero-order valence-electron chi connectivity index (χ0n) is 18.4. The van der Waals surface area contributed by atoms with E-state index < -0.39 is 5.79 Å². The van der Waals surface area contributed by atoms with Gasteiger partial charge in [-0.05, 0) is 41.8 Å². The maximum Gasteiger partial charge on any atom is 0.274 e. The smallest absolute Gasteiger partial charge is 0.274 e. The average molecular weight is 442 g/mol. The highest BCUT2D eigenvalue weighted by Gasteiger charge is 2.33. The third-order valence-electron chi connectivity index (χ3n) is 6.18. The summed E-state index contributed by atoms with van der Waals surface area (Å²) in [6.07, 6.45) is 9.35. The van der Waals surface area contributed by atoms with Crippen molar-refractivity contribution in [2.24, 2.45) is 0 Å². The van der Waals surface area contributed by atoms with Gasteiger partial charge in [-0.25, -0.2) is 0 Å². The summed E-state index contributed by atoms with van der Waals surface area (Å²) in [4.78, 5) is 2.34. The van der Waals surface area contributed by atoms with Crippen LogP contribution in [0, 0.1) is 0 Å². The van der Waals surface area contributed by atoms with Crippen LogP contribution in [0.3, 0.4) is 0 Å². The quantitative estimate of drug-likeness (QED) is 0.341. The number of ether oxygens (including phenoxy) is 4. The number of hydrogen-bond acceptors (Lipinski definition) is 5. The van der Waals surface area contributed by atoms with E-state index in [1.807, 2.05) is 54.6 Å². The molecule has 3 aromatic rings. The third kappa shape index (κ3) is 4.75. The summed E-state index contributed by atoms with van der Waals surface area (Å²) in [5.41, 5.74) is 1.15. The van der Waals surface area contributed by atoms with Crippen LogP contribution in [0.25, 0.3) is 10.8 Å². The van der Waals surface area contributed by atoms with Gasteiger partial charge in [0.15, 0.2) is 0 Å². The second-order valence-corrected chi connectivity index (χ2v) is 8.79. The first-order valence-corrected chi connectivity index (χ1v) is 11.5. The van der Waals surface area contributed by atoms with Crippen molar-refractivity contribution >= 4 is 16.5 Å². The summed E-state index contributed by atoms with van der Waals surface area (Å²) in [6.45, 7) is 3.47. The van der Waals surface area contributed by atoms with Crippen LogP contribution in [-0.4, -0.2) is 44.3 Å². The van der Waals surface area contributed by atoms with Crippen molar-refractivity contribution in [2.75, 3.05) is 31.2 Å². The number of epoxide rings is 2. The van der Waals surface area contributed by atoms with Crippen LogP contribution in [0.15, 0.2) is 91.0 Å². The number of hydrogen-bond donors (Lipinski definition) is 0. The third-order valence-corrected chi connectivity index (χ3v) is 6.18. The van der Waals surface area contributed by atoms with E-state index in [2.05, 4.69) is 41.3 Å². The molecule has 6 rings (SSSR count). The van der Waals surface area contributed by atoms with Gasteiger partial charge in [0.05, 0.1) is 25.4 Å². The summed E-state index contributed by atoms with van der Waals surface area (Å²) in [5, 5.41) is 2.21. The van der Waals surface area contributed by atoms with Gasteiger partial charge in [0.1, 0.15) is 11.5 Å². The number of anilines is 1. The van der Waals surface area contributed by atoms with Crippen molar-refractivity contribution in [3.05, 3.63) is 91.0 Å². The molecule has 2 fully saturated rings. The van der Waals surface area contributed by atoms with E-state index in [1.54, 1.807) is 0 Å². The molecule has 5 heteroatoms. The van der Waals surface area contributed by atoms with E-state index in [9.17, 15) is 0 Å². The largest absolute Gasteiger partial charge is 0.448 e. The van der Waals surface area contributed by atoms with Crippen LogP contribution in [0.4, 0.5) is 5.69 Å². The van der Waals surface area contributed by atoms with Crippen molar-refractivity contribution in [1.29, 1.82) is 0 Å². The Labute approximate surface area is 193 Å². The van der Waals surface area contributed by atoms with E-state index in [-0.39, 0.29) is 0 Å². The molecule has 33 heavy (non-hydrogen) atoms. The van der Waals surface area contributed by atoms with Gasteiger partial charge < -0.3 is 23.8 Å². The van der Waals surface area contributed by atoms with Crippen LogP contribution in [-0.2, 0) is 9.47 Å². The van der Waals surface area contributed by atoms with Gasteiger partial charge >= 0.3 is 0 Å². The summed E-state index contributed by atoms with van der Waals surface area (Å²) in [7, 11) is 0. The highest BCUT2D eigenvalue weighted by atomic mass is 16.7. The number of fused-ring (bicyclic) bond motifs is 1. The molecule has 0 saturated carbocycles. The first-order valence-electron chi connectivity index (χ1n) is 11.5. The SMILES string of the molecule is C1=CCC(Oc2ccc(N(CC3CO3)CC3CO3)cc2)(Oc2cccc3ccccc23)C=C1. The normalized spacial score (nSPS) is 25.1. The molecule has 168 valence electrons. The lowest BCUT2D eigenvalue weighted by molar-refractivity contribution is -0.0677. The maximum absolute atomic E-state index is 6.56. The zero-order valence-corrected chi connectivity index (χ0v) is 18.4. The van der Waals surface area contributed by atoms with E-state index in [0.29, 0.717) is 18.6 Å². The first-order chi connectivity index (χ1) is 16.3. The monoisotopic (exact) mass is 441 g/mol. The van der Waals surface area contributed by atoms with Gasteiger partial charge in [-0.15, -0.1) is 0 Å². The number of allylic oxidation sites excluding steroid dienone is 2. The number of rotatable bonds is 9. The van der Waals surface area contributed by atoms with Crippen LogP contribution in [0.1, 0.15) is 6.42 Å². The van der Waals surface area contributed by atoms with Crippen molar-refractivity contribution in [3.63, 3.8) is 0 Å². The molecular formula is C28H27NO4. The standard InChI is InChI=1S/C28H27NO4/c1-4-15-28(16-5-1,33-27-10-6-8-21-7-2-3-9-26(21)27)32-23-13-11-22(12-14-23)29(17-24-19-30-24)18-25-20-31-25/h1-15,24-25H,16-20H2. The maximum atomic E-state index is 6.56. The molecule has 3 aliphatic rings. The predicted molar refractivity (Wildman–Crippen MR) is 129 cm³/mol. The summed E-state index contributed by atoms with van der Waals surface area (Å²) in [6, 6.07) is 22.6. The molecule has 2 aliphatic heterocycles. The molecule has 2 heterocycles. The predicted octanol–water partition coefficient (Wildman–Crippen LogP) is 5.11. The molecule has 0 aromatic heterocycles. The van der Waals surface area contributed by atoms with E-state index in [0.717, 1.165) is 54.3 Å². The van der Waals surface area contributed by atoms with E-state index >= 15 is 0 Å². The molecule has 0 amide bonds. The topological polar surface area (TPSA) is 46.8 Å². The zero-order chi connectivity index (χ0) is 22.1. The highest BCUT2D eigenvalue weighted by Crippen LogP contribution is 2.34. The van der Waals surface area contributed by atoms with Crippen molar-refractivity contribution in [1.82, 2.24) is 0 Å². The Bertz CT molecular complexity index is 1160. The van der Waals surface area contributed by atoms with Crippen molar-refractivity contribution < 1.29 is 18.9 Å². The van der Waals surface area contributed by atoms with Gasteiger partial charge in [-0.1, -0.05) is 54.6 Å². The Kier molecular flexibility index (Phi) is 5.29. The fourth-order valence-corrected chi connectivity index (χ4v) is 4.27. The van der Waals surface area contributed by atoms with Crippen molar-refractivity contribution in [2.45, 2.75) is 24.4 Å². The molecule has 3 atom stereocenters. The van der Waals surface area contributed by atoms with Gasteiger partial charge in [0, 0.05) is 30.6 Å². The second kappa shape index (κ2) is 8.58. The Morgan fingerprint density at radius 3 is 2.24 bits per heavy atom. The minimum atomic E-state index is -0.899. The summed E-state index contributed by atoms with van der Waals surface area (Å²) >= 11 is 0. The van der Waals surface area contributed by atoms with Crippen LogP contribution < -0.4 is 14.4 Å². The fourth-order valence-electron chi connectivity index (χ4n) is 4.27. The van der Waals surface area contributed by atoms with Crippen LogP contribution >= 0.6 is 0 Å². The van der Waals surface area contributed by atoms with Crippen LogP contribution in [0.5, 0.6) is 11.5 Å². The molecule has 0 radical (unpaired) electrons. The van der Waals surface area contributed by atoms with E-state index in [4.69, 9.17) is 18.9 Å². The Morgan fingerprint density at radius 1 is 0.818 bits per heavy atom. The lowest BCUT2D eigenvalue weighted by Crippen LogP contribution is -2.40. The first kappa shape index (κ1) is 20.3. The second-order valence-electron chi connectivity index (χ2n) is 8.79. The van der Waals surface area contributed by atoms with E-state index in [1.165, 1.54) is 0 Å². The van der Waals surface area contributed by atoms with Gasteiger partial charge in [-0.3, -0.25) is 0 Å². The molecule has 3 aromatic carbocycles. The Balaban J connectivity index is 1.23. The van der Waals surface area contributed by atoms with Crippen LogP contribution in [0.2, 0.25) is 0 Å². The number of benzene rings is 3. The summed E-state index contributed by atoms with van der Waals surface area (Å²) < 4.78 is 23.9. The molecule has 1 aliphatic carbocycles. The van der Waals surface area contributed by atoms with Crippen molar-refractivity contribution in [3.8, 4) is 11.5 Å². The molecule has 2 saturated heterocycles. The Hall–Kier alpha value is -3.28. The molecule has 5 nitrogen and oxygen atoms in total. The fraction of sp³-hybridized carbons (Fsp3) is 0.286. The molecule has 0 spiro atoms. The lowest BCUT2D eigenvalue weighted by Gasteiger charge is -2.33. The van der Waals surface area contributed by atoms with Gasteiger partial charge in [0.25, 0.3) is 5.79 Å². The summed E-state index contributed by atoms with van der Waals surface area (Å²) in [5.74, 6) is 0.679.